The van der Waals surface area contributed by atoms with Gasteiger partial charge in [-0.05, 0) is 22.3 Å². The number of fused-ring (bicyclic) bond motifs is 3. The molecule has 0 atom stereocenters. The lowest BCUT2D eigenvalue weighted by molar-refractivity contribution is 0.0657. The zero-order chi connectivity index (χ0) is 12.5. The van der Waals surface area contributed by atoms with Crippen LogP contribution < -0.4 is 0 Å². The van der Waals surface area contributed by atoms with Gasteiger partial charge in [-0.3, -0.25) is 0 Å². The molecule has 0 spiro atoms. The smallest absolute Gasteiger partial charge is 0.431 e. The van der Waals surface area contributed by atoms with Crippen LogP contribution in [0, 0.1) is 0 Å². The third-order valence-corrected chi connectivity index (χ3v) is 3.33. The van der Waals surface area contributed by atoms with E-state index in [-0.39, 0.29) is 12.5 Å². The lowest BCUT2D eigenvalue weighted by Crippen LogP contribution is -2.09. The summed E-state index contributed by atoms with van der Waals surface area (Å²) in [4.78, 5) is 10.4. The summed E-state index contributed by atoms with van der Waals surface area (Å²) < 4.78 is 4.65. The van der Waals surface area contributed by atoms with Gasteiger partial charge in [0.25, 0.3) is 0 Å². The van der Waals surface area contributed by atoms with Crippen molar-refractivity contribution in [2.24, 2.45) is 0 Å². The molecule has 2 aromatic carbocycles. The van der Waals surface area contributed by atoms with Crippen molar-refractivity contribution in [1.29, 1.82) is 0 Å². The molecular formula is C15H11O3. The normalized spacial score (nSPS) is 12.9. The Bertz CT molecular complexity index is 559. The number of ether oxygens (including phenoxy) is 1. The van der Waals surface area contributed by atoms with E-state index in [1.54, 1.807) is 0 Å². The van der Waals surface area contributed by atoms with E-state index in [0.29, 0.717) is 0 Å². The molecule has 3 nitrogen and oxygen atoms in total. The van der Waals surface area contributed by atoms with Crippen molar-refractivity contribution in [1.82, 2.24) is 0 Å². The summed E-state index contributed by atoms with van der Waals surface area (Å²) in [6.45, 7) is 0.107. The number of rotatable bonds is 2. The van der Waals surface area contributed by atoms with Crippen molar-refractivity contribution in [2.45, 2.75) is 5.92 Å². The lowest BCUT2D eigenvalue weighted by Gasteiger charge is -2.11. The Kier molecular flexibility index (Phi) is 2.52. The van der Waals surface area contributed by atoms with Gasteiger partial charge in [-0.25, -0.2) is 0 Å². The highest BCUT2D eigenvalue weighted by Gasteiger charge is 2.28. The fraction of sp³-hybridized carbons (Fsp3) is 0.133. The Morgan fingerprint density at radius 2 is 1.44 bits per heavy atom. The molecule has 0 unspecified atom stereocenters. The van der Waals surface area contributed by atoms with Crippen LogP contribution in [-0.2, 0) is 9.84 Å². The molecule has 3 heteroatoms. The SMILES string of the molecule is [O]C(=O)OCC1c2ccccc2-c2ccccc21. The van der Waals surface area contributed by atoms with Crippen molar-refractivity contribution in [3.8, 4) is 11.1 Å². The second kappa shape index (κ2) is 4.18. The van der Waals surface area contributed by atoms with Gasteiger partial charge in [0.1, 0.15) is 6.61 Å². The Hall–Kier alpha value is -2.29. The van der Waals surface area contributed by atoms with Crippen LogP contribution in [0.15, 0.2) is 48.5 Å². The molecule has 3 rings (SSSR count). The van der Waals surface area contributed by atoms with E-state index in [1.807, 2.05) is 48.5 Å². The first-order chi connectivity index (χ1) is 8.77. The first-order valence-corrected chi connectivity index (χ1v) is 5.79. The fourth-order valence-electron chi connectivity index (χ4n) is 2.59. The van der Waals surface area contributed by atoms with Gasteiger partial charge in [0, 0.05) is 5.92 Å². The van der Waals surface area contributed by atoms with Crippen LogP contribution in [-0.4, -0.2) is 12.8 Å². The zero-order valence-corrected chi connectivity index (χ0v) is 9.63. The summed E-state index contributed by atoms with van der Waals surface area (Å²) in [5, 5.41) is 10.4. The molecule has 0 amide bonds. The minimum absolute atomic E-state index is 0.0321. The molecule has 89 valence electrons. The zero-order valence-electron chi connectivity index (χ0n) is 9.63. The van der Waals surface area contributed by atoms with E-state index < -0.39 is 6.16 Å². The van der Waals surface area contributed by atoms with Crippen LogP contribution in [0.2, 0.25) is 0 Å². The Labute approximate surface area is 105 Å². The quantitative estimate of drug-likeness (QED) is 0.754. The monoisotopic (exact) mass is 239 g/mol. The standard InChI is InChI=1S/C15H11O3/c16-15(17)18-9-14-12-7-3-1-5-10(12)11-6-2-4-8-13(11)14/h1-8,14H,9H2. The summed E-state index contributed by atoms with van der Waals surface area (Å²) in [5.41, 5.74) is 4.53. The average molecular weight is 239 g/mol. The summed E-state index contributed by atoms with van der Waals surface area (Å²) >= 11 is 0. The summed E-state index contributed by atoms with van der Waals surface area (Å²) in [5.74, 6) is -0.0321. The van der Waals surface area contributed by atoms with E-state index in [4.69, 9.17) is 0 Å². The van der Waals surface area contributed by atoms with Gasteiger partial charge < -0.3 is 4.74 Å². The van der Waals surface area contributed by atoms with Crippen LogP contribution in [0.25, 0.3) is 11.1 Å². The van der Waals surface area contributed by atoms with E-state index in [2.05, 4.69) is 4.74 Å². The van der Waals surface area contributed by atoms with Gasteiger partial charge in [0.05, 0.1) is 0 Å². The molecule has 18 heavy (non-hydrogen) atoms. The second-order valence-corrected chi connectivity index (χ2v) is 4.29. The van der Waals surface area contributed by atoms with Gasteiger partial charge in [-0.2, -0.15) is 9.90 Å². The Balaban J connectivity index is 2.06. The Morgan fingerprint density at radius 3 is 1.94 bits per heavy atom. The number of carbonyl (C=O) groups is 1. The minimum atomic E-state index is -1.48. The fourth-order valence-corrected chi connectivity index (χ4v) is 2.59. The van der Waals surface area contributed by atoms with E-state index in [0.717, 1.165) is 22.3 Å². The van der Waals surface area contributed by atoms with Gasteiger partial charge in [0.15, 0.2) is 0 Å². The maximum Gasteiger partial charge on any atom is 0.550 e. The molecule has 0 heterocycles. The van der Waals surface area contributed by atoms with Crippen molar-refractivity contribution >= 4 is 6.16 Å². The first-order valence-electron chi connectivity index (χ1n) is 5.79. The van der Waals surface area contributed by atoms with Crippen molar-refractivity contribution in [3.05, 3.63) is 59.7 Å². The van der Waals surface area contributed by atoms with Gasteiger partial charge in [0.2, 0.25) is 0 Å². The molecule has 0 aliphatic heterocycles. The van der Waals surface area contributed by atoms with Gasteiger partial charge in [-0.1, -0.05) is 48.5 Å². The van der Waals surface area contributed by atoms with E-state index >= 15 is 0 Å². The summed E-state index contributed by atoms with van der Waals surface area (Å²) in [6.07, 6.45) is -1.48. The molecule has 1 aliphatic carbocycles. The van der Waals surface area contributed by atoms with Crippen molar-refractivity contribution < 1.29 is 14.6 Å². The number of hydrogen-bond donors (Lipinski definition) is 0. The first kappa shape index (κ1) is 10.8. The summed E-state index contributed by atoms with van der Waals surface area (Å²) in [7, 11) is 0. The highest BCUT2D eigenvalue weighted by Crippen LogP contribution is 2.44. The maximum atomic E-state index is 10.4. The maximum absolute atomic E-state index is 10.4. The van der Waals surface area contributed by atoms with Crippen LogP contribution in [0.3, 0.4) is 0 Å². The molecule has 0 saturated carbocycles. The second-order valence-electron chi connectivity index (χ2n) is 4.29. The summed E-state index contributed by atoms with van der Waals surface area (Å²) in [6, 6.07) is 16.0. The predicted octanol–water partition coefficient (Wildman–Crippen LogP) is 3.37. The minimum Gasteiger partial charge on any atom is -0.431 e. The Morgan fingerprint density at radius 1 is 0.944 bits per heavy atom. The lowest BCUT2D eigenvalue weighted by atomic mass is 9.98. The molecular weight excluding hydrogens is 228 g/mol. The predicted molar refractivity (Wildman–Crippen MR) is 65.8 cm³/mol. The molecule has 0 fully saturated rings. The number of carbonyl (C=O) groups excluding carboxylic acids is 1. The largest absolute Gasteiger partial charge is 0.550 e. The van der Waals surface area contributed by atoms with Crippen LogP contribution in [0.4, 0.5) is 4.79 Å². The highest BCUT2D eigenvalue weighted by molar-refractivity contribution is 5.78. The van der Waals surface area contributed by atoms with Crippen LogP contribution >= 0.6 is 0 Å². The topological polar surface area (TPSA) is 46.2 Å². The van der Waals surface area contributed by atoms with Gasteiger partial charge in [-0.15, -0.1) is 0 Å². The molecule has 1 aliphatic rings. The molecule has 0 saturated heterocycles. The molecule has 0 aromatic heterocycles. The average Bonchev–Trinajstić information content (AvgIpc) is 2.71. The molecule has 0 bridgehead atoms. The number of hydrogen-bond acceptors (Lipinski definition) is 2. The number of benzene rings is 2. The van der Waals surface area contributed by atoms with Crippen LogP contribution in [0.5, 0.6) is 0 Å². The van der Waals surface area contributed by atoms with Crippen molar-refractivity contribution in [2.75, 3.05) is 6.61 Å². The third kappa shape index (κ3) is 1.64. The van der Waals surface area contributed by atoms with E-state index in [1.165, 1.54) is 0 Å². The van der Waals surface area contributed by atoms with Gasteiger partial charge >= 0.3 is 6.16 Å². The molecule has 0 N–H and O–H groups in total. The van der Waals surface area contributed by atoms with Crippen molar-refractivity contribution in [3.63, 3.8) is 0 Å². The van der Waals surface area contributed by atoms with Crippen LogP contribution in [0.1, 0.15) is 17.0 Å². The highest BCUT2D eigenvalue weighted by atomic mass is 16.7. The molecule has 2 aromatic rings. The molecule has 1 radical (unpaired) electrons. The third-order valence-electron chi connectivity index (χ3n) is 3.33. The van der Waals surface area contributed by atoms with E-state index in [9.17, 15) is 9.90 Å².